The molecule has 0 aliphatic rings. The molecule has 0 saturated heterocycles. The van der Waals surface area contributed by atoms with Crippen LogP contribution in [0.1, 0.15) is 80.6 Å². The van der Waals surface area contributed by atoms with E-state index in [9.17, 15) is 9.59 Å². The molecular formula is C32H44N4O3. The van der Waals surface area contributed by atoms with E-state index in [1.165, 1.54) is 29.7 Å². The van der Waals surface area contributed by atoms with Crippen LogP contribution in [0.4, 0.5) is 5.82 Å². The number of aromatic nitrogens is 2. The van der Waals surface area contributed by atoms with Gasteiger partial charge in [0.25, 0.3) is 5.91 Å². The lowest BCUT2D eigenvalue weighted by Crippen LogP contribution is -2.40. The number of methoxy groups -OCH3 is 1. The number of carbonyl (C=O) groups excluding carboxylic acids is 2. The molecule has 7 nitrogen and oxygen atoms in total. The predicted molar refractivity (Wildman–Crippen MR) is 158 cm³/mol. The molecule has 0 bridgehead atoms. The van der Waals surface area contributed by atoms with Crippen LogP contribution < -0.4 is 5.32 Å². The van der Waals surface area contributed by atoms with Crippen molar-refractivity contribution in [3.63, 3.8) is 0 Å². The van der Waals surface area contributed by atoms with Crippen LogP contribution in [0.2, 0.25) is 0 Å². The summed E-state index contributed by atoms with van der Waals surface area (Å²) in [5, 5.41) is 7.79. The number of unbranched alkanes of at least 4 members (excludes halogenated alkanes) is 3. The molecule has 2 aromatic carbocycles. The van der Waals surface area contributed by atoms with Crippen molar-refractivity contribution in [3.8, 4) is 5.69 Å². The highest BCUT2D eigenvalue weighted by Gasteiger charge is 2.23. The van der Waals surface area contributed by atoms with Crippen molar-refractivity contribution in [1.82, 2.24) is 14.7 Å². The van der Waals surface area contributed by atoms with Crippen LogP contribution >= 0.6 is 0 Å². The fourth-order valence-corrected chi connectivity index (χ4v) is 4.28. The molecule has 0 aliphatic heterocycles. The van der Waals surface area contributed by atoms with Crippen molar-refractivity contribution < 1.29 is 14.3 Å². The maximum atomic E-state index is 13.4. The Labute approximate surface area is 233 Å². The Kier molecular flexibility index (Phi) is 10.9. The molecule has 39 heavy (non-hydrogen) atoms. The van der Waals surface area contributed by atoms with E-state index in [0.29, 0.717) is 24.5 Å². The first-order valence-corrected chi connectivity index (χ1v) is 14.0. The molecule has 0 atom stereocenters. The van der Waals surface area contributed by atoms with Gasteiger partial charge in [-0.2, -0.15) is 5.10 Å². The van der Waals surface area contributed by atoms with Crippen molar-refractivity contribution in [2.45, 2.75) is 72.1 Å². The number of aryl methyl sites for hydroxylation is 2. The molecule has 0 radical (unpaired) electrons. The minimum absolute atomic E-state index is 0.0924. The second kappa shape index (κ2) is 14.1. The van der Waals surface area contributed by atoms with Gasteiger partial charge < -0.3 is 15.0 Å². The van der Waals surface area contributed by atoms with E-state index in [4.69, 9.17) is 9.84 Å². The Morgan fingerprint density at radius 3 is 2.31 bits per heavy atom. The summed E-state index contributed by atoms with van der Waals surface area (Å²) in [6.45, 7) is 11.0. The zero-order valence-corrected chi connectivity index (χ0v) is 24.4. The molecule has 3 aromatic rings. The first kappa shape index (κ1) is 30.1. The molecule has 0 saturated carbocycles. The lowest BCUT2D eigenvalue weighted by molar-refractivity contribution is -0.117. The van der Waals surface area contributed by atoms with Crippen LogP contribution in [0.15, 0.2) is 54.6 Å². The smallest absolute Gasteiger partial charge is 0.254 e. The van der Waals surface area contributed by atoms with Gasteiger partial charge in [-0.25, -0.2) is 4.68 Å². The van der Waals surface area contributed by atoms with E-state index in [2.05, 4.69) is 33.0 Å². The summed E-state index contributed by atoms with van der Waals surface area (Å²) in [4.78, 5) is 28.2. The Bertz CT molecular complexity index is 1210. The van der Waals surface area contributed by atoms with E-state index < -0.39 is 0 Å². The van der Waals surface area contributed by atoms with Gasteiger partial charge in [0, 0.05) is 30.7 Å². The number of anilines is 1. The van der Waals surface area contributed by atoms with Gasteiger partial charge in [-0.3, -0.25) is 9.59 Å². The normalized spacial score (nSPS) is 11.4. The number of benzene rings is 2. The number of amides is 2. The van der Waals surface area contributed by atoms with Crippen LogP contribution in [0.25, 0.3) is 5.69 Å². The number of hydrogen-bond donors (Lipinski definition) is 1. The van der Waals surface area contributed by atoms with Gasteiger partial charge in [0.05, 0.1) is 18.0 Å². The summed E-state index contributed by atoms with van der Waals surface area (Å²) in [6.07, 6.45) is 5.84. The first-order chi connectivity index (χ1) is 18.6. The van der Waals surface area contributed by atoms with Crippen LogP contribution in [0, 0.1) is 6.92 Å². The fraction of sp³-hybridized carbons (Fsp3) is 0.469. The topological polar surface area (TPSA) is 76.5 Å². The summed E-state index contributed by atoms with van der Waals surface area (Å²) in [5.74, 6) is 0.0863. The molecule has 7 heteroatoms. The zero-order chi connectivity index (χ0) is 28.4. The molecule has 2 amide bonds. The quantitative estimate of drug-likeness (QED) is 0.261. The molecule has 0 spiro atoms. The summed E-state index contributed by atoms with van der Waals surface area (Å²) in [6, 6.07) is 17.6. The monoisotopic (exact) mass is 532 g/mol. The number of ether oxygens (including phenoxy) is 1. The minimum Gasteiger partial charge on any atom is -0.383 e. The summed E-state index contributed by atoms with van der Waals surface area (Å²) >= 11 is 0. The molecule has 1 aromatic heterocycles. The van der Waals surface area contributed by atoms with Crippen molar-refractivity contribution in [2.24, 2.45) is 0 Å². The van der Waals surface area contributed by atoms with E-state index in [-0.39, 0.29) is 23.8 Å². The third-order valence-electron chi connectivity index (χ3n) is 6.73. The molecule has 210 valence electrons. The average molecular weight is 533 g/mol. The maximum Gasteiger partial charge on any atom is 0.254 e. The zero-order valence-electron chi connectivity index (χ0n) is 24.4. The third-order valence-corrected chi connectivity index (χ3v) is 6.73. The van der Waals surface area contributed by atoms with Crippen molar-refractivity contribution >= 4 is 17.6 Å². The summed E-state index contributed by atoms with van der Waals surface area (Å²) in [5.41, 5.74) is 4.45. The predicted octanol–water partition coefficient (Wildman–Crippen LogP) is 6.33. The minimum atomic E-state index is -0.291. The Morgan fingerprint density at radius 1 is 1.00 bits per heavy atom. The maximum absolute atomic E-state index is 13.4. The number of nitrogens with zero attached hydrogens (tertiary/aromatic N) is 3. The Balaban J connectivity index is 1.75. The SMILES string of the molecule is CCCCCCc1ccc(C(=O)N(CCOC)CC(=O)Nc2cc(C(C)(C)C)nn2-c2ccc(C)cc2)cc1. The molecule has 0 aliphatic carbocycles. The van der Waals surface area contributed by atoms with E-state index in [1.54, 1.807) is 11.8 Å². The Hall–Kier alpha value is -3.45. The summed E-state index contributed by atoms with van der Waals surface area (Å²) < 4.78 is 6.98. The van der Waals surface area contributed by atoms with Gasteiger partial charge in [0.1, 0.15) is 12.4 Å². The van der Waals surface area contributed by atoms with Crippen molar-refractivity contribution in [3.05, 3.63) is 77.0 Å². The van der Waals surface area contributed by atoms with E-state index in [0.717, 1.165) is 29.8 Å². The van der Waals surface area contributed by atoms with Crippen LogP contribution in [0.5, 0.6) is 0 Å². The highest BCUT2D eigenvalue weighted by molar-refractivity contribution is 5.99. The van der Waals surface area contributed by atoms with Gasteiger partial charge in [-0.1, -0.05) is 76.8 Å². The summed E-state index contributed by atoms with van der Waals surface area (Å²) in [7, 11) is 1.59. The molecule has 3 rings (SSSR count). The second-order valence-corrected chi connectivity index (χ2v) is 11.2. The van der Waals surface area contributed by atoms with Gasteiger partial charge in [-0.15, -0.1) is 0 Å². The van der Waals surface area contributed by atoms with Crippen molar-refractivity contribution in [2.75, 3.05) is 32.1 Å². The lowest BCUT2D eigenvalue weighted by atomic mass is 9.92. The average Bonchev–Trinajstić information content (AvgIpc) is 3.33. The molecule has 1 N–H and O–H groups in total. The number of carbonyl (C=O) groups is 2. The molecular weight excluding hydrogens is 488 g/mol. The molecule has 1 heterocycles. The highest BCUT2D eigenvalue weighted by atomic mass is 16.5. The second-order valence-electron chi connectivity index (χ2n) is 11.2. The first-order valence-electron chi connectivity index (χ1n) is 14.0. The van der Waals surface area contributed by atoms with E-state index in [1.807, 2.05) is 61.5 Å². The largest absolute Gasteiger partial charge is 0.383 e. The van der Waals surface area contributed by atoms with E-state index >= 15 is 0 Å². The van der Waals surface area contributed by atoms with Crippen molar-refractivity contribution in [1.29, 1.82) is 0 Å². The van der Waals surface area contributed by atoms with Gasteiger partial charge in [-0.05, 0) is 49.6 Å². The van der Waals surface area contributed by atoms with Crippen LogP contribution in [-0.4, -0.2) is 53.3 Å². The lowest BCUT2D eigenvalue weighted by Gasteiger charge is -2.22. The number of hydrogen-bond acceptors (Lipinski definition) is 4. The molecule has 0 unspecified atom stereocenters. The highest BCUT2D eigenvalue weighted by Crippen LogP contribution is 2.26. The van der Waals surface area contributed by atoms with Gasteiger partial charge >= 0.3 is 0 Å². The van der Waals surface area contributed by atoms with Crippen LogP contribution in [0.3, 0.4) is 0 Å². The number of rotatable bonds is 13. The van der Waals surface area contributed by atoms with Crippen LogP contribution in [-0.2, 0) is 21.4 Å². The molecule has 0 fully saturated rings. The Morgan fingerprint density at radius 2 is 1.69 bits per heavy atom. The van der Waals surface area contributed by atoms with Gasteiger partial charge in [0.15, 0.2) is 0 Å². The third kappa shape index (κ3) is 8.79. The number of nitrogens with one attached hydrogen (secondary N) is 1. The standard InChI is InChI=1S/C32H44N4O3/c1-7-8-9-10-11-25-14-16-26(17-15-25)31(38)35(20-21-39-6)23-30(37)33-29-22-28(32(3,4)5)34-36(29)27-18-12-24(2)13-19-27/h12-19,22H,7-11,20-21,23H2,1-6H3,(H,33,37). The fourth-order valence-electron chi connectivity index (χ4n) is 4.28. The van der Waals surface area contributed by atoms with Gasteiger partial charge in [0.2, 0.25) is 5.91 Å².